The van der Waals surface area contributed by atoms with Crippen molar-refractivity contribution in [1.82, 2.24) is 5.32 Å². The second-order valence-corrected chi connectivity index (χ2v) is 3.96. The molecule has 4 N–H and O–H groups in total. The van der Waals surface area contributed by atoms with Gasteiger partial charge in [-0.25, -0.2) is 4.39 Å². The van der Waals surface area contributed by atoms with Crippen LogP contribution in [0, 0.1) is 5.82 Å². The summed E-state index contributed by atoms with van der Waals surface area (Å²) in [6, 6.07) is 3.70. The molecule has 1 amide bonds. The number of phenolic OH excluding ortho intramolecular Hbond substituents is 1. The molecular formula is C12H16FNO4. The number of phenols is 1. The number of amides is 1. The third-order valence-corrected chi connectivity index (χ3v) is 2.52. The van der Waals surface area contributed by atoms with Crippen LogP contribution in [0.25, 0.3) is 0 Å². The summed E-state index contributed by atoms with van der Waals surface area (Å²) >= 11 is 0. The van der Waals surface area contributed by atoms with Gasteiger partial charge in [-0.1, -0.05) is 12.1 Å². The highest BCUT2D eigenvalue weighted by atomic mass is 19.1. The predicted molar refractivity (Wildman–Crippen MR) is 62.3 cm³/mol. The van der Waals surface area contributed by atoms with Crippen molar-refractivity contribution in [2.24, 2.45) is 0 Å². The second kappa shape index (κ2) is 6.32. The van der Waals surface area contributed by atoms with E-state index in [0.29, 0.717) is 0 Å². The van der Waals surface area contributed by atoms with Gasteiger partial charge < -0.3 is 20.6 Å². The number of hydrogen-bond donors (Lipinski definition) is 4. The SMILES string of the molecule is CC(=O)NCCC(O)C(O)c1cccc(F)c1O. The first-order valence-corrected chi connectivity index (χ1v) is 5.51. The summed E-state index contributed by atoms with van der Waals surface area (Å²) in [6.45, 7) is 1.52. The van der Waals surface area contributed by atoms with Gasteiger partial charge in [0.05, 0.1) is 6.10 Å². The zero-order valence-corrected chi connectivity index (χ0v) is 9.93. The van der Waals surface area contributed by atoms with Crippen LogP contribution < -0.4 is 5.32 Å². The third-order valence-electron chi connectivity index (χ3n) is 2.52. The predicted octanol–water partition coefficient (Wildman–Crippen LogP) is 0.452. The maximum atomic E-state index is 13.1. The number of aromatic hydroxyl groups is 1. The van der Waals surface area contributed by atoms with Gasteiger partial charge in [-0.05, 0) is 12.5 Å². The minimum Gasteiger partial charge on any atom is -0.505 e. The number of hydrogen-bond acceptors (Lipinski definition) is 4. The first-order valence-electron chi connectivity index (χ1n) is 5.51. The Kier molecular flexibility index (Phi) is 5.06. The van der Waals surface area contributed by atoms with E-state index in [4.69, 9.17) is 0 Å². The number of rotatable bonds is 5. The van der Waals surface area contributed by atoms with Crippen LogP contribution >= 0.6 is 0 Å². The average molecular weight is 257 g/mol. The number of aliphatic hydroxyl groups is 2. The lowest BCUT2D eigenvalue weighted by Crippen LogP contribution is -2.27. The molecular weight excluding hydrogens is 241 g/mol. The lowest BCUT2D eigenvalue weighted by molar-refractivity contribution is -0.119. The quantitative estimate of drug-likeness (QED) is 0.616. The number of carbonyl (C=O) groups excluding carboxylic acids is 1. The molecule has 0 heterocycles. The van der Waals surface area contributed by atoms with Crippen LogP contribution in [0.4, 0.5) is 4.39 Å². The highest BCUT2D eigenvalue weighted by Gasteiger charge is 2.22. The van der Waals surface area contributed by atoms with Crippen molar-refractivity contribution in [2.75, 3.05) is 6.54 Å². The van der Waals surface area contributed by atoms with Crippen molar-refractivity contribution in [3.05, 3.63) is 29.6 Å². The summed E-state index contributed by atoms with van der Waals surface area (Å²) in [6.07, 6.45) is -2.52. The fourth-order valence-electron chi connectivity index (χ4n) is 1.53. The van der Waals surface area contributed by atoms with Crippen LogP contribution in [0.1, 0.15) is 25.0 Å². The summed E-state index contributed by atoms with van der Waals surface area (Å²) in [7, 11) is 0. The maximum Gasteiger partial charge on any atom is 0.216 e. The molecule has 0 saturated heterocycles. The van der Waals surface area contributed by atoms with Crippen LogP contribution in [-0.4, -0.2) is 33.9 Å². The van der Waals surface area contributed by atoms with E-state index in [1.54, 1.807) is 0 Å². The molecule has 2 unspecified atom stereocenters. The Bertz CT molecular complexity index is 425. The normalized spacial score (nSPS) is 14.0. The van der Waals surface area contributed by atoms with Crippen molar-refractivity contribution in [1.29, 1.82) is 0 Å². The van der Waals surface area contributed by atoms with Gasteiger partial charge in [-0.2, -0.15) is 0 Å². The molecule has 0 aliphatic carbocycles. The highest BCUT2D eigenvalue weighted by Crippen LogP contribution is 2.29. The van der Waals surface area contributed by atoms with E-state index in [0.717, 1.165) is 6.07 Å². The van der Waals surface area contributed by atoms with Gasteiger partial charge in [-0.15, -0.1) is 0 Å². The molecule has 0 radical (unpaired) electrons. The third kappa shape index (κ3) is 3.68. The largest absolute Gasteiger partial charge is 0.505 e. The molecule has 6 heteroatoms. The number of halogens is 1. The number of aliphatic hydroxyl groups excluding tert-OH is 2. The zero-order valence-electron chi connectivity index (χ0n) is 9.93. The minimum atomic E-state index is -1.41. The minimum absolute atomic E-state index is 0.0784. The fourth-order valence-corrected chi connectivity index (χ4v) is 1.53. The molecule has 0 aliphatic heterocycles. The van der Waals surface area contributed by atoms with E-state index < -0.39 is 23.8 Å². The number of nitrogens with one attached hydrogen (secondary N) is 1. The van der Waals surface area contributed by atoms with Gasteiger partial charge in [0.1, 0.15) is 6.10 Å². The maximum absolute atomic E-state index is 13.1. The standard InChI is InChI=1S/C12H16FNO4/c1-7(15)14-6-5-10(16)12(18)8-3-2-4-9(13)11(8)17/h2-4,10,12,16-18H,5-6H2,1H3,(H,14,15). The van der Waals surface area contributed by atoms with Crippen LogP contribution in [0.5, 0.6) is 5.75 Å². The molecule has 2 atom stereocenters. The van der Waals surface area contributed by atoms with Crippen LogP contribution in [0.2, 0.25) is 0 Å². The molecule has 18 heavy (non-hydrogen) atoms. The first-order chi connectivity index (χ1) is 8.43. The summed E-state index contributed by atoms with van der Waals surface area (Å²) in [4.78, 5) is 10.6. The topological polar surface area (TPSA) is 89.8 Å². The Balaban J connectivity index is 2.65. The number of benzene rings is 1. The van der Waals surface area contributed by atoms with E-state index >= 15 is 0 Å². The Morgan fingerprint density at radius 3 is 2.72 bits per heavy atom. The molecule has 1 rings (SSSR count). The van der Waals surface area contributed by atoms with Gasteiger partial charge in [0, 0.05) is 19.0 Å². The van der Waals surface area contributed by atoms with Crippen molar-refractivity contribution < 1.29 is 24.5 Å². The van der Waals surface area contributed by atoms with E-state index in [-0.39, 0.29) is 24.4 Å². The number of carbonyl (C=O) groups is 1. The van der Waals surface area contributed by atoms with Gasteiger partial charge in [0.2, 0.25) is 5.91 Å². The van der Waals surface area contributed by atoms with E-state index in [2.05, 4.69) is 5.32 Å². The van der Waals surface area contributed by atoms with E-state index in [1.165, 1.54) is 19.1 Å². The molecule has 1 aromatic rings. The van der Waals surface area contributed by atoms with Gasteiger partial charge in [-0.3, -0.25) is 4.79 Å². The number of para-hydroxylation sites is 1. The Hall–Kier alpha value is -1.66. The Labute approximate surface area is 104 Å². The smallest absolute Gasteiger partial charge is 0.216 e. The summed E-state index contributed by atoms with van der Waals surface area (Å²) in [5.41, 5.74) is -0.0784. The molecule has 5 nitrogen and oxygen atoms in total. The molecule has 0 fully saturated rings. The van der Waals surface area contributed by atoms with E-state index in [1.807, 2.05) is 0 Å². The zero-order chi connectivity index (χ0) is 13.7. The highest BCUT2D eigenvalue weighted by molar-refractivity contribution is 5.72. The van der Waals surface area contributed by atoms with Gasteiger partial charge >= 0.3 is 0 Å². The molecule has 0 spiro atoms. The first kappa shape index (κ1) is 14.4. The van der Waals surface area contributed by atoms with Crippen molar-refractivity contribution in [3.63, 3.8) is 0 Å². The average Bonchev–Trinajstić information content (AvgIpc) is 2.31. The van der Waals surface area contributed by atoms with Crippen LogP contribution in [-0.2, 0) is 4.79 Å². The van der Waals surface area contributed by atoms with Crippen LogP contribution in [0.3, 0.4) is 0 Å². The van der Waals surface area contributed by atoms with Gasteiger partial charge in [0.25, 0.3) is 0 Å². The van der Waals surface area contributed by atoms with Crippen molar-refractivity contribution in [3.8, 4) is 5.75 Å². The fraction of sp³-hybridized carbons (Fsp3) is 0.417. The van der Waals surface area contributed by atoms with Crippen molar-refractivity contribution >= 4 is 5.91 Å². The Morgan fingerprint density at radius 2 is 2.11 bits per heavy atom. The van der Waals surface area contributed by atoms with E-state index in [9.17, 15) is 24.5 Å². The van der Waals surface area contributed by atoms with Crippen LogP contribution in [0.15, 0.2) is 18.2 Å². The summed E-state index contributed by atoms with van der Waals surface area (Å²) in [5.74, 6) is -1.78. The molecule has 0 saturated carbocycles. The van der Waals surface area contributed by atoms with Gasteiger partial charge in [0.15, 0.2) is 11.6 Å². The summed E-state index contributed by atoms with van der Waals surface area (Å²) < 4.78 is 13.1. The molecule has 100 valence electrons. The molecule has 0 aliphatic rings. The lowest BCUT2D eigenvalue weighted by atomic mass is 10.0. The summed E-state index contributed by atoms with van der Waals surface area (Å²) in [5, 5.41) is 31.3. The second-order valence-electron chi connectivity index (χ2n) is 3.96. The lowest BCUT2D eigenvalue weighted by Gasteiger charge is -2.19. The Morgan fingerprint density at radius 1 is 1.44 bits per heavy atom. The monoisotopic (exact) mass is 257 g/mol. The molecule has 1 aromatic carbocycles. The molecule has 0 bridgehead atoms. The van der Waals surface area contributed by atoms with Crippen molar-refractivity contribution in [2.45, 2.75) is 25.6 Å². The molecule has 0 aromatic heterocycles.